The molecule has 8 heteroatoms. The number of esters is 1. The predicted octanol–water partition coefficient (Wildman–Crippen LogP) is 0.591. The van der Waals surface area contributed by atoms with Crippen LogP contribution in [0.3, 0.4) is 0 Å². The molecule has 1 N–H and O–H groups in total. The van der Waals surface area contributed by atoms with Gasteiger partial charge < -0.3 is 10.1 Å². The number of amides is 1. The molecule has 1 atom stereocenters. The molecular weight excluding hydrogens is 286 g/mol. The number of carbonyl (C=O) groups excluding carboxylic acids is 2. The molecule has 7 nitrogen and oxygen atoms in total. The third kappa shape index (κ3) is 9.74. The first-order chi connectivity index (χ1) is 9.08. The summed E-state index contributed by atoms with van der Waals surface area (Å²) in [4.78, 5) is 22.7. The number of carbonyl (C=O) groups is 2. The Morgan fingerprint density at radius 1 is 1.30 bits per heavy atom. The Labute approximate surface area is 120 Å². The second kappa shape index (κ2) is 8.21. The van der Waals surface area contributed by atoms with Crippen LogP contribution in [0.5, 0.6) is 0 Å². The summed E-state index contributed by atoms with van der Waals surface area (Å²) in [6.45, 7) is 5.05. The highest BCUT2D eigenvalue weighted by Crippen LogP contribution is 2.18. The lowest BCUT2D eigenvalue weighted by Gasteiger charge is -2.29. The first-order valence-corrected chi connectivity index (χ1v) is 8.18. The Morgan fingerprint density at radius 3 is 2.35 bits per heavy atom. The topological polar surface area (TPSA) is 98.8 Å². The van der Waals surface area contributed by atoms with Crippen LogP contribution < -0.4 is 5.32 Å². The third-order valence-electron chi connectivity index (χ3n) is 2.49. The van der Waals surface area contributed by atoms with Gasteiger partial charge in [-0.25, -0.2) is 0 Å². The average Bonchev–Trinajstić information content (AvgIpc) is 2.22. The monoisotopic (exact) mass is 309 g/mol. The van der Waals surface area contributed by atoms with Crippen LogP contribution >= 0.6 is 0 Å². The van der Waals surface area contributed by atoms with E-state index < -0.39 is 21.6 Å². The summed E-state index contributed by atoms with van der Waals surface area (Å²) in [5, 5.41) is 2.70. The standard InChI is InChI=1S/C12H23NO6S/c1-5-18-11(15)9-12(3,13-10(2)14)7-6-8-19-20(4,16)17/h5-9H2,1-4H3,(H,13,14). The van der Waals surface area contributed by atoms with Crippen LogP contribution in [0.25, 0.3) is 0 Å². The highest BCUT2D eigenvalue weighted by Gasteiger charge is 2.28. The van der Waals surface area contributed by atoms with Crippen LogP contribution in [0.2, 0.25) is 0 Å². The molecule has 0 saturated heterocycles. The summed E-state index contributed by atoms with van der Waals surface area (Å²) in [6.07, 6.45) is 1.79. The fourth-order valence-electron chi connectivity index (χ4n) is 1.82. The zero-order valence-electron chi connectivity index (χ0n) is 12.4. The second-order valence-corrected chi connectivity index (χ2v) is 6.50. The molecule has 0 aromatic heterocycles. The first-order valence-electron chi connectivity index (χ1n) is 6.37. The van der Waals surface area contributed by atoms with Gasteiger partial charge in [-0.05, 0) is 26.7 Å². The molecule has 0 radical (unpaired) electrons. The molecule has 0 aliphatic carbocycles. The molecule has 0 aromatic carbocycles. The van der Waals surface area contributed by atoms with Gasteiger partial charge in [-0.3, -0.25) is 13.8 Å². The minimum absolute atomic E-state index is 0.0107. The van der Waals surface area contributed by atoms with E-state index >= 15 is 0 Å². The van der Waals surface area contributed by atoms with Crippen LogP contribution in [0.15, 0.2) is 0 Å². The number of nitrogens with one attached hydrogen (secondary N) is 1. The van der Waals surface area contributed by atoms with E-state index in [1.807, 2.05) is 0 Å². The van der Waals surface area contributed by atoms with E-state index in [4.69, 9.17) is 4.74 Å². The minimum Gasteiger partial charge on any atom is -0.466 e. The molecule has 0 fully saturated rings. The molecule has 0 aliphatic heterocycles. The maximum absolute atomic E-state index is 11.5. The lowest BCUT2D eigenvalue weighted by atomic mass is 9.92. The van der Waals surface area contributed by atoms with Crippen molar-refractivity contribution in [2.24, 2.45) is 0 Å². The molecule has 0 bridgehead atoms. The Hall–Kier alpha value is -1.15. The van der Waals surface area contributed by atoms with Gasteiger partial charge in [0, 0.05) is 12.5 Å². The summed E-state index contributed by atoms with van der Waals surface area (Å²) >= 11 is 0. The zero-order valence-corrected chi connectivity index (χ0v) is 13.2. The van der Waals surface area contributed by atoms with Crippen LogP contribution in [0.4, 0.5) is 0 Å². The largest absolute Gasteiger partial charge is 0.466 e. The number of hydrogen-bond donors (Lipinski definition) is 1. The van der Waals surface area contributed by atoms with Crippen molar-refractivity contribution in [3.63, 3.8) is 0 Å². The molecular formula is C12H23NO6S. The normalized spacial score (nSPS) is 14.4. The lowest BCUT2D eigenvalue weighted by molar-refractivity contribution is -0.145. The van der Waals surface area contributed by atoms with Crippen molar-refractivity contribution in [3.8, 4) is 0 Å². The summed E-state index contributed by atoms with van der Waals surface area (Å²) in [5.41, 5.74) is -0.779. The molecule has 0 spiro atoms. The van der Waals surface area contributed by atoms with Gasteiger partial charge in [0.1, 0.15) is 0 Å². The second-order valence-electron chi connectivity index (χ2n) is 4.85. The predicted molar refractivity (Wildman–Crippen MR) is 73.5 cm³/mol. The van der Waals surface area contributed by atoms with E-state index in [1.54, 1.807) is 13.8 Å². The molecule has 0 aromatic rings. The summed E-state index contributed by atoms with van der Waals surface area (Å²) < 4.78 is 31.1. The molecule has 1 amide bonds. The summed E-state index contributed by atoms with van der Waals surface area (Å²) in [5.74, 6) is -0.673. The molecule has 0 saturated carbocycles. The Morgan fingerprint density at radius 2 is 1.90 bits per heavy atom. The van der Waals surface area contributed by atoms with Gasteiger partial charge >= 0.3 is 5.97 Å². The maximum atomic E-state index is 11.5. The minimum atomic E-state index is -3.48. The van der Waals surface area contributed by atoms with Crippen molar-refractivity contribution in [1.82, 2.24) is 5.32 Å². The van der Waals surface area contributed by atoms with Gasteiger partial charge in [0.15, 0.2) is 0 Å². The summed E-state index contributed by atoms with van der Waals surface area (Å²) in [6, 6.07) is 0. The van der Waals surface area contributed by atoms with E-state index in [1.165, 1.54) is 6.92 Å². The van der Waals surface area contributed by atoms with Crippen LogP contribution in [0.1, 0.15) is 40.0 Å². The number of hydrogen-bond acceptors (Lipinski definition) is 6. The molecule has 0 heterocycles. The molecule has 0 aliphatic rings. The average molecular weight is 309 g/mol. The quantitative estimate of drug-likeness (QED) is 0.380. The van der Waals surface area contributed by atoms with Crippen LogP contribution in [0, 0.1) is 0 Å². The van der Waals surface area contributed by atoms with Gasteiger partial charge in [-0.1, -0.05) is 0 Å². The van der Waals surface area contributed by atoms with Crippen LogP contribution in [-0.4, -0.2) is 45.3 Å². The molecule has 118 valence electrons. The molecule has 20 heavy (non-hydrogen) atoms. The van der Waals surface area contributed by atoms with Gasteiger partial charge in [0.25, 0.3) is 10.1 Å². The van der Waals surface area contributed by atoms with E-state index in [9.17, 15) is 18.0 Å². The van der Waals surface area contributed by atoms with E-state index in [-0.39, 0.29) is 25.5 Å². The van der Waals surface area contributed by atoms with Crippen molar-refractivity contribution in [2.75, 3.05) is 19.5 Å². The first kappa shape index (κ1) is 18.9. The Kier molecular flexibility index (Phi) is 7.74. The maximum Gasteiger partial charge on any atom is 0.308 e. The van der Waals surface area contributed by atoms with Gasteiger partial charge in [0.2, 0.25) is 5.91 Å². The fourth-order valence-corrected chi connectivity index (χ4v) is 2.24. The van der Waals surface area contributed by atoms with E-state index in [2.05, 4.69) is 9.50 Å². The SMILES string of the molecule is CCOC(=O)CC(C)(CCCOS(C)(=O)=O)NC(C)=O. The molecule has 1 unspecified atom stereocenters. The van der Waals surface area contributed by atoms with Crippen molar-refractivity contribution < 1.29 is 26.9 Å². The van der Waals surface area contributed by atoms with E-state index in [0.717, 1.165) is 6.26 Å². The van der Waals surface area contributed by atoms with E-state index in [0.29, 0.717) is 12.8 Å². The number of ether oxygens (including phenoxy) is 1. The molecule has 0 rings (SSSR count). The lowest BCUT2D eigenvalue weighted by Crippen LogP contribution is -2.47. The number of rotatable bonds is 9. The highest BCUT2D eigenvalue weighted by molar-refractivity contribution is 7.85. The Balaban J connectivity index is 4.46. The highest BCUT2D eigenvalue weighted by atomic mass is 32.2. The smallest absolute Gasteiger partial charge is 0.308 e. The fraction of sp³-hybridized carbons (Fsp3) is 0.833. The van der Waals surface area contributed by atoms with Crippen molar-refractivity contribution in [3.05, 3.63) is 0 Å². The van der Waals surface area contributed by atoms with Crippen LogP contribution in [-0.2, 0) is 28.6 Å². The van der Waals surface area contributed by atoms with Gasteiger partial charge in [-0.2, -0.15) is 8.42 Å². The van der Waals surface area contributed by atoms with Crippen molar-refractivity contribution in [2.45, 2.75) is 45.6 Å². The van der Waals surface area contributed by atoms with Gasteiger partial charge in [-0.15, -0.1) is 0 Å². The summed E-state index contributed by atoms with van der Waals surface area (Å²) in [7, 11) is -3.48. The zero-order chi connectivity index (χ0) is 15.8. The third-order valence-corrected chi connectivity index (χ3v) is 3.08. The van der Waals surface area contributed by atoms with Gasteiger partial charge in [0.05, 0.1) is 25.9 Å². The van der Waals surface area contributed by atoms with Crippen molar-refractivity contribution >= 4 is 22.0 Å². The Bertz CT molecular complexity index is 433. The van der Waals surface area contributed by atoms with Crippen molar-refractivity contribution in [1.29, 1.82) is 0 Å².